The van der Waals surface area contributed by atoms with Gasteiger partial charge in [0, 0.05) is 60.6 Å². The summed E-state index contributed by atoms with van der Waals surface area (Å²) in [6.07, 6.45) is -3.87. The molecule has 0 spiro atoms. The van der Waals surface area contributed by atoms with Crippen molar-refractivity contribution in [3.8, 4) is 6.07 Å². The third-order valence-electron chi connectivity index (χ3n) is 15.3. The highest BCUT2D eigenvalue weighted by Gasteiger charge is 2.50. The Morgan fingerprint density at radius 1 is 0.646 bits per heavy atom. The van der Waals surface area contributed by atoms with Gasteiger partial charge >= 0.3 is 5.97 Å². The number of rotatable bonds is 49. The molecule has 34 heteroatoms. The summed E-state index contributed by atoms with van der Waals surface area (Å²) >= 11 is 8.45. The summed E-state index contributed by atoms with van der Waals surface area (Å²) in [5, 5.41) is 122. The summed E-state index contributed by atoms with van der Waals surface area (Å²) in [6.45, 7) is 21.1. The number of carbonyl (C=O) groups excluding carboxylic acids is 5. The van der Waals surface area contributed by atoms with Gasteiger partial charge in [-0.1, -0.05) is 114 Å². The van der Waals surface area contributed by atoms with Crippen LogP contribution in [0.25, 0.3) is 10.4 Å². The zero-order valence-electron chi connectivity index (χ0n) is 59.1. The molecule has 14 N–H and O–H groups in total. The number of unbranched alkanes of at least 4 members (excludes halogenated alkanes) is 9. The van der Waals surface area contributed by atoms with Crippen LogP contribution in [0.1, 0.15) is 145 Å². The van der Waals surface area contributed by atoms with Crippen molar-refractivity contribution in [1.29, 1.82) is 5.26 Å². The lowest BCUT2D eigenvalue weighted by molar-refractivity contribution is -0.300. The molecule has 15 atom stereocenters. The van der Waals surface area contributed by atoms with E-state index >= 15 is 0 Å². The van der Waals surface area contributed by atoms with Crippen LogP contribution in [0.5, 0.6) is 0 Å². The highest BCUT2D eigenvalue weighted by Crippen LogP contribution is 2.47. The maximum absolute atomic E-state index is 14.5. The third-order valence-corrected chi connectivity index (χ3v) is 18.2. The molecule has 2 aliphatic rings. The van der Waals surface area contributed by atoms with Gasteiger partial charge in [-0.2, -0.15) is 5.26 Å². The predicted molar refractivity (Wildman–Crippen MR) is 375 cm³/mol. The molecule has 2 heterocycles. The van der Waals surface area contributed by atoms with Gasteiger partial charge in [0.1, 0.15) is 59.0 Å². The summed E-state index contributed by atoms with van der Waals surface area (Å²) in [7, 11) is 0. The maximum atomic E-state index is 14.5. The Morgan fingerprint density at radius 3 is 1.57 bits per heavy atom. The van der Waals surface area contributed by atoms with E-state index in [9.17, 15) is 70.1 Å². The van der Waals surface area contributed by atoms with Crippen molar-refractivity contribution in [3.05, 3.63) is 34.7 Å². The number of azide groups is 1. The maximum Gasteiger partial charge on any atom is 0.305 e. The van der Waals surface area contributed by atoms with Gasteiger partial charge < -0.3 is 110 Å². The predicted octanol–water partition coefficient (Wildman–Crippen LogP) is 2.40. The van der Waals surface area contributed by atoms with Gasteiger partial charge in [-0.25, -0.2) is 0 Å². The Bertz CT molecular complexity index is 2430. The number of thioether (sulfide) groups is 2. The van der Waals surface area contributed by atoms with E-state index < -0.39 is 120 Å². The lowest BCUT2D eigenvalue weighted by atomic mass is 9.67. The van der Waals surface area contributed by atoms with Crippen molar-refractivity contribution < 1.29 is 113 Å². The molecular formula is C65H116N8O23S3. The van der Waals surface area contributed by atoms with E-state index in [-0.39, 0.29) is 110 Å². The van der Waals surface area contributed by atoms with E-state index in [0.717, 1.165) is 36.8 Å². The fourth-order valence-electron chi connectivity index (χ4n) is 9.76. The monoisotopic (exact) mass is 1470 g/mol. The van der Waals surface area contributed by atoms with Gasteiger partial charge in [-0.3, -0.25) is 24.0 Å². The number of thiocarbonyl (C=S) groups is 1. The summed E-state index contributed by atoms with van der Waals surface area (Å²) in [6, 6.07) is 2.30. The number of amides is 4. The first kappa shape index (κ1) is 94.7. The summed E-state index contributed by atoms with van der Waals surface area (Å²) in [5.74, 6) is -1.37. The van der Waals surface area contributed by atoms with E-state index in [2.05, 4.69) is 57.4 Å². The minimum atomic E-state index is -1.66. The summed E-state index contributed by atoms with van der Waals surface area (Å²) in [4.78, 5) is 66.1. The molecule has 0 aromatic carbocycles. The first-order valence-corrected chi connectivity index (χ1v) is 35.8. The number of carbonyl (C=O) groups is 5. The average molecular weight is 1470 g/mol. The van der Waals surface area contributed by atoms with Crippen LogP contribution in [0.15, 0.2) is 29.4 Å². The first-order valence-electron chi connectivity index (χ1n) is 33.6. The zero-order chi connectivity index (χ0) is 75.0. The quantitative estimate of drug-likeness (QED) is 0.00791. The van der Waals surface area contributed by atoms with Crippen LogP contribution in [0.3, 0.4) is 0 Å². The van der Waals surface area contributed by atoms with E-state index in [0.29, 0.717) is 34.5 Å². The highest BCUT2D eigenvalue weighted by atomic mass is 32.2. The van der Waals surface area contributed by atoms with Crippen LogP contribution in [0.4, 0.5) is 0 Å². The lowest BCUT2D eigenvalue weighted by Crippen LogP contribution is -2.59. The van der Waals surface area contributed by atoms with E-state index in [4.69, 9.17) is 65.9 Å². The minimum Gasteiger partial charge on any atom is -0.463 e. The molecule has 0 aromatic rings. The smallest absolute Gasteiger partial charge is 0.305 e. The number of aliphatic hydroxyl groups excluding tert-OH is 10. The van der Waals surface area contributed by atoms with E-state index in [1.54, 1.807) is 41.5 Å². The number of esters is 1. The van der Waals surface area contributed by atoms with Crippen molar-refractivity contribution in [2.24, 2.45) is 15.9 Å². The topological polar surface area (TPSA) is 482 Å². The molecule has 0 aromatic heterocycles. The van der Waals surface area contributed by atoms with Crippen LogP contribution < -0.4 is 21.3 Å². The molecular weight excluding hydrogens is 1360 g/mol. The van der Waals surface area contributed by atoms with Crippen LogP contribution in [-0.4, -0.2) is 274 Å². The number of ether oxygens (including phenoxy) is 8. The van der Waals surface area contributed by atoms with Gasteiger partial charge in [0.05, 0.1) is 94.5 Å². The van der Waals surface area contributed by atoms with Gasteiger partial charge in [-0.05, 0) is 78.5 Å². The Hall–Kier alpha value is -4.26. The first-order chi connectivity index (χ1) is 46.8. The van der Waals surface area contributed by atoms with Crippen LogP contribution >= 0.6 is 35.7 Å². The van der Waals surface area contributed by atoms with Crippen LogP contribution in [-0.2, 0) is 61.9 Å². The molecule has 572 valence electrons. The molecule has 2 rings (SSSR count). The van der Waals surface area contributed by atoms with Crippen molar-refractivity contribution in [2.45, 2.75) is 224 Å². The molecule has 0 radical (unpaired) electrons. The molecule has 0 saturated carbocycles. The Labute approximate surface area is 597 Å². The van der Waals surface area contributed by atoms with Crippen molar-refractivity contribution in [1.82, 2.24) is 21.3 Å². The Morgan fingerprint density at radius 2 is 1.10 bits per heavy atom. The molecule has 2 saturated heterocycles. The van der Waals surface area contributed by atoms with Gasteiger partial charge in [0.15, 0.2) is 12.6 Å². The van der Waals surface area contributed by atoms with Crippen molar-refractivity contribution >= 4 is 68.9 Å². The molecule has 99 heavy (non-hydrogen) atoms. The second kappa shape index (κ2) is 54.4. The molecule has 2 aliphatic heterocycles. The van der Waals surface area contributed by atoms with E-state index in [1.807, 2.05) is 0 Å². The molecule has 31 nitrogen and oxygen atoms in total. The fraction of sp³-hybridized carbons (Fsp3) is 0.831. The van der Waals surface area contributed by atoms with Gasteiger partial charge in [-0.15, -0.1) is 11.8 Å². The van der Waals surface area contributed by atoms with Crippen LogP contribution in [0, 0.1) is 22.2 Å². The van der Waals surface area contributed by atoms with E-state index in [1.165, 1.54) is 63.6 Å². The second-order valence-corrected chi connectivity index (χ2v) is 28.8. The number of hydrogen-bond donors (Lipinski definition) is 14. The highest BCUT2D eigenvalue weighted by molar-refractivity contribution is 8.47. The normalized spacial score (nSPS) is 22.8. The largest absolute Gasteiger partial charge is 0.463 e. The standard InChI is InChI=1S/C46H82N6O14S3.C12H21NO7.C7H13NO2/c1-6-7-8-9-10-11-12-13-14-15-28-68-43(67)69-46(5,42(60)50-29-34(2)54)32-45(4,41(59)49-18-21-65-40-39(58)38(57)37(56)35(30-53)66-40)31-44(3,33-47)17-16-36(55)64-27-26-63-25-24-62-23-22-61-20-19-51-52-48;1-6(2)11(18)13-3-4-19-12-10(17)9(16)8(15)7(5-14)20-12;1-5(2)7(10)8-4-6(3)9/h34-35,37-40,53-54,56-58H,6-32H2,1-5H3,(H,49,59)(H,50,60);7-10,12,14-17H,1,3-5H2,2H3,(H,13,18);6,9H,1,4H2,2-3H3,(H,8,10). The fourth-order valence-corrected chi connectivity index (χ4v) is 13.0. The number of nitriles is 1. The number of nitrogens with zero attached hydrogens (tertiary/aromatic N) is 4. The second-order valence-electron chi connectivity index (χ2n) is 25.0. The van der Waals surface area contributed by atoms with Crippen molar-refractivity contribution in [3.63, 3.8) is 0 Å². The molecule has 0 aliphatic carbocycles. The Kier molecular flexibility index (Phi) is 52.1. The minimum absolute atomic E-state index is 0.0102. The molecule has 4 amide bonds. The molecule has 15 unspecified atom stereocenters. The molecule has 2 fully saturated rings. The zero-order valence-corrected chi connectivity index (χ0v) is 61.5. The number of nitrogens with one attached hydrogen (secondary N) is 4. The summed E-state index contributed by atoms with van der Waals surface area (Å²) < 4.78 is 41.9. The number of aliphatic hydroxyl groups is 10. The average Bonchev–Trinajstić information content (AvgIpc) is 0.797. The lowest BCUT2D eigenvalue weighted by Gasteiger charge is -2.41. The van der Waals surface area contributed by atoms with Gasteiger partial charge in [0.2, 0.25) is 23.6 Å². The summed E-state index contributed by atoms with van der Waals surface area (Å²) in [5.41, 5.74) is 6.34. The van der Waals surface area contributed by atoms with Crippen LogP contribution in [0.2, 0.25) is 0 Å². The SMILES string of the molecule is C=C(C)C(=O)NCC(C)O.C=C(C)C(=O)NCCOC1OC(CO)C(O)C(O)C1O.CCCCCCCCCCCCSC(=S)SC(C)(CC(C)(CC(C)(C#N)CCC(=O)OCCOCCOCCOCCN=[N+]=[N-])C(=O)NCCOC1OC(CO)C(O)C(O)C1O)C(=O)NCC(C)O. The third kappa shape index (κ3) is 41.6. The molecule has 0 bridgehead atoms. The number of hydrogen-bond acceptors (Lipinski definition) is 28. The van der Waals surface area contributed by atoms with Crippen molar-refractivity contribution in [2.75, 3.05) is 111 Å². The van der Waals surface area contributed by atoms with Gasteiger partial charge in [0.25, 0.3) is 0 Å². The Balaban J connectivity index is 0.00000260.